The van der Waals surface area contributed by atoms with Crippen LogP contribution in [0.3, 0.4) is 0 Å². The van der Waals surface area contributed by atoms with Crippen LogP contribution in [0.5, 0.6) is 17.2 Å². The molecule has 0 bridgehead atoms. The van der Waals surface area contributed by atoms with Crippen LogP contribution in [0.4, 0.5) is 8.78 Å². The summed E-state index contributed by atoms with van der Waals surface area (Å²) >= 11 is 0. The van der Waals surface area contributed by atoms with E-state index in [0.29, 0.717) is 42.7 Å². The average Bonchev–Trinajstić information content (AvgIpc) is 2.73. The summed E-state index contributed by atoms with van der Waals surface area (Å²) in [4.78, 5) is 0. The number of phenols is 1. The zero-order chi connectivity index (χ0) is 21.3. The number of benzene rings is 2. The first kappa shape index (κ1) is 20.8. The van der Waals surface area contributed by atoms with Gasteiger partial charge in [-0.3, -0.25) is 0 Å². The molecule has 8 heteroatoms. The lowest BCUT2D eigenvalue weighted by atomic mass is 9.98. The van der Waals surface area contributed by atoms with Gasteiger partial charge in [0.2, 0.25) is 0 Å². The quantitative estimate of drug-likeness (QED) is 0.571. The monoisotopic (exact) mass is 421 g/mol. The first-order chi connectivity index (χ1) is 14.4. The van der Waals surface area contributed by atoms with Gasteiger partial charge in [-0.15, -0.1) is 0 Å². The van der Waals surface area contributed by atoms with Crippen molar-refractivity contribution in [3.8, 4) is 17.2 Å². The SMILES string of the molecule is Oc1cc2c(cc1F)O[C@H]([C@@H](O)CNC[C@H](O)[C@H]1CCc3cc(F)ccc3O1)CC2. The molecule has 0 saturated carbocycles. The number of aliphatic hydroxyl groups excluding tert-OH is 2. The van der Waals surface area contributed by atoms with E-state index in [-0.39, 0.29) is 18.9 Å². The fourth-order valence-corrected chi connectivity index (χ4v) is 3.97. The van der Waals surface area contributed by atoms with Crippen LogP contribution < -0.4 is 14.8 Å². The average molecular weight is 421 g/mol. The van der Waals surface area contributed by atoms with Crippen molar-refractivity contribution in [1.82, 2.24) is 5.32 Å². The summed E-state index contributed by atoms with van der Waals surface area (Å²) in [6, 6.07) is 6.82. The molecule has 4 atom stereocenters. The van der Waals surface area contributed by atoms with Crippen molar-refractivity contribution in [2.45, 2.75) is 50.1 Å². The minimum Gasteiger partial charge on any atom is -0.505 e. The number of phenolic OH excluding ortho intramolecular Hbond substituents is 1. The zero-order valence-corrected chi connectivity index (χ0v) is 16.4. The summed E-state index contributed by atoms with van der Waals surface area (Å²) in [6.45, 7) is 0.399. The van der Waals surface area contributed by atoms with Crippen molar-refractivity contribution in [1.29, 1.82) is 0 Å². The van der Waals surface area contributed by atoms with Crippen LogP contribution >= 0.6 is 0 Å². The second-order valence-corrected chi connectivity index (χ2v) is 7.85. The molecule has 0 radical (unpaired) electrons. The highest BCUT2D eigenvalue weighted by Crippen LogP contribution is 2.33. The summed E-state index contributed by atoms with van der Waals surface area (Å²) in [6.07, 6.45) is -0.285. The molecule has 4 rings (SSSR count). The van der Waals surface area contributed by atoms with Gasteiger partial charge >= 0.3 is 0 Å². The summed E-state index contributed by atoms with van der Waals surface area (Å²) in [5, 5.41) is 33.3. The van der Waals surface area contributed by atoms with Crippen LogP contribution in [0.2, 0.25) is 0 Å². The van der Waals surface area contributed by atoms with Gasteiger partial charge in [0.25, 0.3) is 0 Å². The number of hydrogen-bond donors (Lipinski definition) is 4. The molecule has 4 N–H and O–H groups in total. The van der Waals surface area contributed by atoms with Gasteiger partial charge < -0.3 is 30.1 Å². The highest BCUT2D eigenvalue weighted by molar-refractivity contribution is 5.42. The Balaban J connectivity index is 1.25. The molecule has 0 fully saturated rings. The molecular formula is C22H25F2NO5. The van der Waals surface area contributed by atoms with E-state index in [2.05, 4.69) is 5.32 Å². The number of aliphatic hydroxyl groups is 2. The third-order valence-corrected chi connectivity index (χ3v) is 5.67. The largest absolute Gasteiger partial charge is 0.505 e. The molecule has 0 saturated heterocycles. The first-order valence-corrected chi connectivity index (χ1v) is 10.1. The van der Waals surface area contributed by atoms with Crippen LogP contribution in [0.15, 0.2) is 30.3 Å². The molecule has 6 nitrogen and oxygen atoms in total. The molecule has 0 aliphatic carbocycles. The van der Waals surface area contributed by atoms with E-state index < -0.39 is 36.0 Å². The Morgan fingerprint density at radius 2 is 1.50 bits per heavy atom. The lowest BCUT2D eigenvalue weighted by Gasteiger charge is -2.31. The van der Waals surface area contributed by atoms with E-state index in [9.17, 15) is 24.1 Å². The summed E-state index contributed by atoms with van der Waals surface area (Å²) in [5.41, 5.74) is 1.50. The maximum absolute atomic E-state index is 13.6. The predicted molar refractivity (Wildman–Crippen MR) is 105 cm³/mol. The standard InChI is InChI=1S/C22H25F2NO5/c23-14-3-6-19-12(7-14)1-4-20(29-19)17(27)10-25-11-18(28)21-5-2-13-8-16(26)15(24)9-22(13)30-21/h3,6-9,17-18,20-21,25-28H,1-2,4-5,10-11H2/t17-,18-,20+,21-/m0/s1. The van der Waals surface area contributed by atoms with Crippen molar-refractivity contribution >= 4 is 0 Å². The Labute approximate surface area is 173 Å². The highest BCUT2D eigenvalue weighted by Gasteiger charge is 2.29. The van der Waals surface area contributed by atoms with Gasteiger partial charge in [-0.25, -0.2) is 8.78 Å². The van der Waals surface area contributed by atoms with E-state index in [1.54, 1.807) is 6.07 Å². The summed E-state index contributed by atoms with van der Waals surface area (Å²) in [7, 11) is 0. The normalized spacial score (nSPS) is 22.3. The fourth-order valence-electron chi connectivity index (χ4n) is 3.97. The fraction of sp³-hybridized carbons (Fsp3) is 0.455. The van der Waals surface area contributed by atoms with Crippen molar-refractivity contribution < 1.29 is 33.6 Å². The number of halogens is 2. The number of aryl methyl sites for hydroxylation is 2. The molecular weight excluding hydrogens is 396 g/mol. The van der Waals surface area contributed by atoms with Crippen LogP contribution in [0.25, 0.3) is 0 Å². The van der Waals surface area contributed by atoms with Crippen LogP contribution in [-0.2, 0) is 12.8 Å². The third-order valence-electron chi connectivity index (χ3n) is 5.67. The number of hydrogen-bond acceptors (Lipinski definition) is 6. The van der Waals surface area contributed by atoms with Gasteiger partial charge in [0.1, 0.15) is 41.7 Å². The minimum atomic E-state index is -0.849. The summed E-state index contributed by atoms with van der Waals surface area (Å²) in [5.74, 6) is -0.573. The Morgan fingerprint density at radius 3 is 2.17 bits per heavy atom. The second-order valence-electron chi connectivity index (χ2n) is 7.85. The van der Waals surface area contributed by atoms with Gasteiger partial charge in [0.05, 0.1) is 0 Å². The van der Waals surface area contributed by atoms with Gasteiger partial charge in [-0.2, -0.15) is 0 Å². The smallest absolute Gasteiger partial charge is 0.168 e. The maximum atomic E-state index is 13.6. The van der Waals surface area contributed by atoms with E-state index in [0.717, 1.165) is 11.6 Å². The van der Waals surface area contributed by atoms with E-state index in [4.69, 9.17) is 9.47 Å². The zero-order valence-electron chi connectivity index (χ0n) is 16.4. The minimum absolute atomic E-state index is 0.187. The van der Waals surface area contributed by atoms with Gasteiger partial charge in [-0.05, 0) is 61.1 Å². The van der Waals surface area contributed by atoms with E-state index in [1.165, 1.54) is 18.2 Å². The Kier molecular flexibility index (Phi) is 6.08. The molecule has 2 aliphatic rings. The van der Waals surface area contributed by atoms with Crippen molar-refractivity contribution in [3.63, 3.8) is 0 Å². The molecule has 0 unspecified atom stereocenters. The molecule has 0 amide bonds. The van der Waals surface area contributed by atoms with Crippen molar-refractivity contribution in [3.05, 3.63) is 53.1 Å². The number of aromatic hydroxyl groups is 1. The topological polar surface area (TPSA) is 91.2 Å². The molecule has 2 aromatic carbocycles. The number of rotatable bonds is 6. The van der Waals surface area contributed by atoms with Crippen LogP contribution in [0, 0.1) is 11.6 Å². The molecule has 0 spiro atoms. The number of ether oxygens (including phenoxy) is 2. The molecule has 2 heterocycles. The Morgan fingerprint density at radius 1 is 0.900 bits per heavy atom. The van der Waals surface area contributed by atoms with Crippen molar-refractivity contribution in [2.24, 2.45) is 0 Å². The second kappa shape index (κ2) is 8.75. The maximum Gasteiger partial charge on any atom is 0.168 e. The lowest BCUT2D eigenvalue weighted by Crippen LogP contribution is -2.46. The van der Waals surface area contributed by atoms with Gasteiger partial charge in [0, 0.05) is 19.2 Å². The molecule has 2 aromatic rings. The van der Waals surface area contributed by atoms with Crippen molar-refractivity contribution in [2.75, 3.05) is 13.1 Å². The molecule has 0 aromatic heterocycles. The van der Waals surface area contributed by atoms with Gasteiger partial charge in [-0.1, -0.05) is 0 Å². The summed E-state index contributed by atoms with van der Waals surface area (Å²) < 4.78 is 38.3. The Hall–Kier alpha value is -2.42. The number of fused-ring (bicyclic) bond motifs is 2. The van der Waals surface area contributed by atoms with Gasteiger partial charge in [0.15, 0.2) is 11.6 Å². The molecule has 162 valence electrons. The van der Waals surface area contributed by atoms with E-state index >= 15 is 0 Å². The highest BCUT2D eigenvalue weighted by atomic mass is 19.1. The first-order valence-electron chi connectivity index (χ1n) is 10.1. The Bertz CT molecular complexity index is 909. The third kappa shape index (κ3) is 4.50. The van der Waals surface area contributed by atoms with Crippen LogP contribution in [0.1, 0.15) is 24.0 Å². The lowest BCUT2D eigenvalue weighted by molar-refractivity contribution is 0.00883. The predicted octanol–water partition coefficient (Wildman–Crippen LogP) is 2.07. The molecule has 2 aliphatic heterocycles. The van der Waals surface area contributed by atoms with Crippen LogP contribution in [-0.4, -0.2) is 52.8 Å². The molecule has 30 heavy (non-hydrogen) atoms. The van der Waals surface area contributed by atoms with E-state index in [1.807, 2.05) is 0 Å². The number of nitrogens with one attached hydrogen (secondary N) is 1.